The first kappa shape index (κ1) is 17.7. The summed E-state index contributed by atoms with van der Waals surface area (Å²) in [5, 5.41) is 4.11. The lowest BCUT2D eigenvalue weighted by Crippen LogP contribution is -2.37. The van der Waals surface area contributed by atoms with E-state index >= 15 is 0 Å². The molecule has 0 amide bonds. The highest BCUT2D eigenvalue weighted by molar-refractivity contribution is 7.21. The van der Waals surface area contributed by atoms with E-state index in [1.54, 1.807) is 12.4 Å². The van der Waals surface area contributed by atoms with Crippen molar-refractivity contribution >= 4 is 44.3 Å². The average molecular weight is 406 g/mol. The Bertz CT molecular complexity index is 1130. The van der Waals surface area contributed by atoms with Crippen LogP contribution in [0, 0.1) is 0 Å². The zero-order chi connectivity index (χ0) is 19.6. The van der Waals surface area contributed by atoms with Crippen LogP contribution in [0.1, 0.15) is 0 Å². The summed E-state index contributed by atoms with van der Waals surface area (Å²) in [6.45, 7) is 2.82. The Morgan fingerprint density at radius 3 is 2.52 bits per heavy atom. The van der Waals surface area contributed by atoms with Gasteiger partial charge in [-0.1, -0.05) is 29.5 Å². The standard InChI is InChI=1S/C19H18N8OS/c20-18-21-10-12(11-22-18)15-25-16(27-6-8-28-9-7-27)14-17(26-15)29-19(24-14)23-13-4-2-1-3-5-13/h1-5,10-11H,6-9H2,(H,23,24)(H2,20,21,22). The Kier molecular flexibility index (Phi) is 4.62. The monoisotopic (exact) mass is 406 g/mol. The minimum absolute atomic E-state index is 0.218. The first-order chi connectivity index (χ1) is 14.3. The second-order valence-corrected chi connectivity index (χ2v) is 7.44. The molecule has 0 radical (unpaired) electrons. The highest BCUT2D eigenvalue weighted by Gasteiger charge is 2.21. The molecule has 0 bridgehead atoms. The lowest BCUT2D eigenvalue weighted by atomic mass is 10.3. The van der Waals surface area contributed by atoms with Crippen LogP contribution >= 0.6 is 11.3 Å². The van der Waals surface area contributed by atoms with Gasteiger partial charge < -0.3 is 20.7 Å². The summed E-state index contributed by atoms with van der Waals surface area (Å²) in [6.07, 6.45) is 3.27. The van der Waals surface area contributed by atoms with Gasteiger partial charge in [0.05, 0.1) is 18.8 Å². The van der Waals surface area contributed by atoms with Crippen molar-refractivity contribution in [2.24, 2.45) is 0 Å². The summed E-state index contributed by atoms with van der Waals surface area (Å²) >= 11 is 1.49. The molecule has 0 atom stereocenters. The van der Waals surface area contributed by atoms with E-state index in [4.69, 9.17) is 25.4 Å². The van der Waals surface area contributed by atoms with Gasteiger partial charge in [-0.25, -0.2) is 24.9 Å². The fourth-order valence-electron chi connectivity index (χ4n) is 3.08. The number of nitrogen functional groups attached to an aromatic ring is 1. The maximum Gasteiger partial charge on any atom is 0.219 e. The molecule has 0 spiro atoms. The van der Waals surface area contributed by atoms with Gasteiger partial charge in [-0.15, -0.1) is 0 Å². The Labute approximate surface area is 170 Å². The Morgan fingerprint density at radius 1 is 1.00 bits per heavy atom. The number of morpholine rings is 1. The predicted octanol–water partition coefficient (Wildman–Crippen LogP) is 2.71. The highest BCUT2D eigenvalue weighted by atomic mass is 32.1. The molecular weight excluding hydrogens is 388 g/mol. The Morgan fingerprint density at radius 2 is 1.76 bits per heavy atom. The SMILES string of the molecule is Nc1ncc(-c2nc(N3CCOCC3)c3nc(Nc4ccccc4)sc3n2)cn1. The summed E-state index contributed by atoms with van der Waals surface area (Å²) in [6, 6.07) is 9.93. The van der Waals surface area contributed by atoms with Gasteiger partial charge in [0.15, 0.2) is 21.6 Å². The van der Waals surface area contributed by atoms with Gasteiger partial charge >= 0.3 is 0 Å². The molecule has 1 aliphatic heterocycles. The number of fused-ring (bicyclic) bond motifs is 1. The molecule has 1 fully saturated rings. The van der Waals surface area contributed by atoms with E-state index in [9.17, 15) is 0 Å². The van der Waals surface area contributed by atoms with Crippen LogP contribution in [0.4, 0.5) is 22.6 Å². The fraction of sp³-hybridized carbons (Fsp3) is 0.211. The van der Waals surface area contributed by atoms with E-state index in [0.29, 0.717) is 24.6 Å². The van der Waals surface area contributed by atoms with Crippen molar-refractivity contribution in [3.05, 3.63) is 42.7 Å². The van der Waals surface area contributed by atoms with Crippen LogP contribution in [-0.4, -0.2) is 51.2 Å². The molecule has 3 N–H and O–H groups in total. The van der Waals surface area contributed by atoms with Crippen LogP contribution in [0.5, 0.6) is 0 Å². The number of hydrogen-bond donors (Lipinski definition) is 2. The quantitative estimate of drug-likeness (QED) is 0.528. The molecule has 10 heteroatoms. The number of anilines is 4. The molecule has 3 aromatic heterocycles. The van der Waals surface area contributed by atoms with E-state index in [2.05, 4.69) is 20.2 Å². The van der Waals surface area contributed by atoms with Crippen molar-refractivity contribution in [3.8, 4) is 11.4 Å². The molecule has 1 aliphatic rings. The fourth-order valence-corrected chi connectivity index (χ4v) is 3.94. The number of hydrogen-bond acceptors (Lipinski definition) is 10. The summed E-state index contributed by atoms with van der Waals surface area (Å²) in [5.41, 5.74) is 8.07. The molecular formula is C19H18N8OS. The third kappa shape index (κ3) is 3.67. The second-order valence-electron chi connectivity index (χ2n) is 6.46. The predicted molar refractivity (Wildman–Crippen MR) is 113 cm³/mol. The molecule has 0 unspecified atom stereocenters. The van der Waals surface area contributed by atoms with Gasteiger partial charge in [0.1, 0.15) is 5.52 Å². The molecule has 9 nitrogen and oxygen atoms in total. The lowest BCUT2D eigenvalue weighted by Gasteiger charge is -2.28. The number of ether oxygens (including phenoxy) is 1. The van der Waals surface area contributed by atoms with Crippen molar-refractivity contribution < 1.29 is 4.74 Å². The zero-order valence-electron chi connectivity index (χ0n) is 15.4. The number of nitrogens with two attached hydrogens (primary N) is 1. The maximum absolute atomic E-state index is 5.62. The summed E-state index contributed by atoms with van der Waals surface area (Å²) < 4.78 is 5.50. The lowest BCUT2D eigenvalue weighted by molar-refractivity contribution is 0.122. The topological polar surface area (TPSA) is 115 Å². The summed E-state index contributed by atoms with van der Waals surface area (Å²) in [5.74, 6) is 1.56. The smallest absolute Gasteiger partial charge is 0.219 e. The van der Waals surface area contributed by atoms with Crippen LogP contribution in [0.25, 0.3) is 21.7 Å². The van der Waals surface area contributed by atoms with Crippen molar-refractivity contribution in [1.82, 2.24) is 24.9 Å². The van der Waals surface area contributed by atoms with Crippen LogP contribution in [0.3, 0.4) is 0 Å². The maximum atomic E-state index is 5.62. The van der Waals surface area contributed by atoms with Gasteiger partial charge in [-0.2, -0.15) is 0 Å². The van der Waals surface area contributed by atoms with Crippen LogP contribution in [0.2, 0.25) is 0 Å². The van der Waals surface area contributed by atoms with Crippen molar-refractivity contribution in [2.75, 3.05) is 42.3 Å². The van der Waals surface area contributed by atoms with Gasteiger partial charge in [-0.3, -0.25) is 0 Å². The number of nitrogens with zero attached hydrogens (tertiary/aromatic N) is 6. The van der Waals surface area contributed by atoms with E-state index in [1.165, 1.54) is 11.3 Å². The molecule has 146 valence electrons. The third-order valence-electron chi connectivity index (χ3n) is 4.51. The average Bonchev–Trinajstić information content (AvgIpc) is 3.17. The van der Waals surface area contributed by atoms with Gasteiger partial charge in [0.2, 0.25) is 5.95 Å². The van der Waals surface area contributed by atoms with E-state index in [1.807, 2.05) is 30.3 Å². The van der Waals surface area contributed by atoms with Crippen LogP contribution in [0.15, 0.2) is 42.7 Å². The number of rotatable bonds is 4. The molecule has 5 rings (SSSR count). The van der Waals surface area contributed by atoms with Gasteiger partial charge in [0.25, 0.3) is 0 Å². The second kappa shape index (κ2) is 7.57. The number of para-hydroxylation sites is 1. The largest absolute Gasteiger partial charge is 0.378 e. The van der Waals surface area contributed by atoms with Gasteiger partial charge in [0, 0.05) is 31.2 Å². The van der Waals surface area contributed by atoms with Crippen molar-refractivity contribution in [3.63, 3.8) is 0 Å². The molecule has 4 aromatic rings. The molecule has 0 aliphatic carbocycles. The highest BCUT2D eigenvalue weighted by Crippen LogP contribution is 2.34. The summed E-state index contributed by atoms with van der Waals surface area (Å²) in [4.78, 5) is 25.4. The molecule has 4 heterocycles. The van der Waals surface area contributed by atoms with Crippen molar-refractivity contribution in [1.29, 1.82) is 0 Å². The molecule has 29 heavy (non-hydrogen) atoms. The summed E-state index contributed by atoms with van der Waals surface area (Å²) in [7, 11) is 0. The normalized spacial score (nSPS) is 14.3. The van der Waals surface area contributed by atoms with E-state index in [0.717, 1.165) is 40.1 Å². The Balaban J connectivity index is 1.60. The van der Waals surface area contributed by atoms with Crippen LogP contribution < -0.4 is 16.0 Å². The first-order valence-corrected chi connectivity index (χ1v) is 9.99. The number of aromatic nitrogens is 5. The molecule has 0 saturated carbocycles. The third-order valence-corrected chi connectivity index (χ3v) is 5.37. The minimum Gasteiger partial charge on any atom is -0.378 e. The number of thiazole rings is 1. The van der Waals surface area contributed by atoms with Gasteiger partial charge in [-0.05, 0) is 12.1 Å². The minimum atomic E-state index is 0.218. The van der Waals surface area contributed by atoms with Crippen LogP contribution in [-0.2, 0) is 4.74 Å². The molecule has 1 aromatic carbocycles. The molecule has 1 saturated heterocycles. The number of nitrogens with one attached hydrogen (secondary N) is 1. The zero-order valence-corrected chi connectivity index (χ0v) is 16.3. The van der Waals surface area contributed by atoms with E-state index in [-0.39, 0.29) is 5.95 Å². The van der Waals surface area contributed by atoms with Crippen molar-refractivity contribution in [2.45, 2.75) is 0 Å². The first-order valence-electron chi connectivity index (χ1n) is 9.17. The van der Waals surface area contributed by atoms with E-state index < -0.39 is 0 Å². The Hall–Kier alpha value is -3.37. The number of benzene rings is 1.